The van der Waals surface area contributed by atoms with Crippen LogP contribution >= 0.6 is 22.9 Å². The number of amidine groups is 1. The summed E-state index contributed by atoms with van der Waals surface area (Å²) < 4.78 is 0. The van der Waals surface area contributed by atoms with E-state index in [4.69, 9.17) is 22.5 Å². The molecule has 0 aromatic carbocycles. The number of thiophene rings is 1. The molecule has 0 fully saturated rings. The highest BCUT2D eigenvalue weighted by Crippen LogP contribution is 2.27. The van der Waals surface area contributed by atoms with E-state index in [2.05, 4.69) is 10.5 Å². The third kappa shape index (κ3) is 2.89. The maximum absolute atomic E-state index is 11.9. The van der Waals surface area contributed by atoms with Crippen molar-refractivity contribution in [3.8, 4) is 0 Å². The number of hydrogen-bond acceptors (Lipinski definition) is 4. The molecule has 1 aromatic heterocycles. The van der Waals surface area contributed by atoms with E-state index in [9.17, 15) is 4.79 Å². The Kier molecular flexibility index (Phi) is 4.00. The average Bonchev–Trinajstić information content (AvgIpc) is 2.58. The first kappa shape index (κ1) is 13.8. The zero-order valence-corrected chi connectivity index (χ0v) is 11.3. The molecule has 0 aliphatic carbocycles. The maximum atomic E-state index is 11.9. The van der Waals surface area contributed by atoms with Gasteiger partial charge >= 0.3 is 0 Å². The Bertz CT molecular complexity index is 468. The van der Waals surface area contributed by atoms with Gasteiger partial charge in [0.2, 0.25) is 0 Å². The minimum atomic E-state index is -0.937. The van der Waals surface area contributed by atoms with Crippen LogP contribution in [0.25, 0.3) is 0 Å². The second-order valence-electron chi connectivity index (χ2n) is 4.13. The third-order valence-corrected chi connectivity index (χ3v) is 3.98. The summed E-state index contributed by atoms with van der Waals surface area (Å²) in [6.45, 7) is 5.09. The van der Waals surface area contributed by atoms with Crippen LogP contribution in [0.15, 0.2) is 10.5 Å². The molecule has 1 heterocycles. The molecule has 0 aliphatic heterocycles. The van der Waals surface area contributed by atoms with E-state index in [0.717, 1.165) is 5.56 Å². The molecule has 0 saturated heterocycles. The minimum absolute atomic E-state index is 0.0738. The lowest BCUT2D eigenvalue weighted by Crippen LogP contribution is -2.53. The summed E-state index contributed by atoms with van der Waals surface area (Å²) in [6.07, 6.45) is 0. The number of carbonyl (C=O) groups excluding carboxylic acids is 1. The predicted octanol–water partition coefficient (Wildman–Crippen LogP) is 1.96. The van der Waals surface area contributed by atoms with Gasteiger partial charge in [0, 0.05) is 0 Å². The van der Waals surface area contributed by atoms with Gasteiger partial charge in [-0.15, -0.1) is 11.3 Å². The van der Waals surface area contributed by atoms with E-state index < -0.39 is 5.54 Å². The highest BCUT2D eigenvalue weighted by Gasteiger charge is 2.27. The maximum Gasteiger partial charge on any atom is 0.263 e. The smallest absolute Gasteiger partial charge is 0.263 e. The Morgan fingerprint density at radius 3 is 2.65 bits per heavy atom. The second-order valence-corrected chi connectivity index (χ2v) is 5.38. The topological polar surface area (TPSA) is 87.7 Å². The summed E-state index contributed by atoms with van der Waals surface area (Å²) in [4.78, 5) is 12.4. The fourth-order valence-corrected chi connectivity index (χ4v) is 2.29. The number of oxime groups is 1. The lowest BCUT2D eigenvalue weighted by atomic mass is 10.0. The molecule has 0 atom stereocenters. The number of halogens is 1. The number of rotatable bonds is 3. The van der Waals surface area contributed by atoms with Gasteiger partial charge in [0.15, 0.2) is 5.84 Å². The monoisotopic (exact) mass is 275 g/mol. The van der Waals surface area contributed by atoms with Gasteiger partial charge in [0.25, 0.3) is 5.91 Å². The first-order valence-corrected chi connectivity index (χ1v) is 6.09. The Hall–Kier alpha value is -1.27. The summed E-state index contributed by atoms with van der Waals surface area (Å²) in [5, 5.41) is 16.4. The molecule has 1 rings (SSSR count). The van der Waals surface area contributed by atoms with E-state index in [0.29, 0.717) is 9.90 Å². The number of nitrogens with zero attached hydrogens (tertiary/aromatic N) is 1. The zero-order chi connectivity index (χ0) is 13.2. The number of aryl methyl sites for hydroxylation is 1. The van der Waals surface area contributed by atoms with Gasteiger partial charge in [-0.25, -0.2) is 0 Å². The van der Waals surface area contributed by atoms with Crippen molar-refractivity contribution in [2.75, 3.05) is 0 Å². The van der Waals surface area contributed by atoms with Crippen molar-refractivity contribution in [2.45, 2.75) is 26.3 Å². The van der Waals surface area contributed by atoms with Crippen molar-refractivity contribution in [3.63, 3.8) is 0 Å². The molecule has 7 heteroatoms. The van der Waals surface area contributed by atoms with Crippen molar-refractivity contribution in [1.82, 2.24) is 5.32 Å². The van der Waals surface area contributed by atoms with Gasteiger partial charge in [0.1, 0.15) is 4.88 Å². The molecule has 0 spiro atoms. The van der Waals surface area contributed by atoms with Gasteiger partial charge in [-0.05, 0) is 31.7 Å². The number of nitrogens with one attached hydrogen (secondary N) is 1. The van der Waals surface area contributed by atoms with Crippen LogP contribution < -0.4 is 11.1 Å². The molecule has 0 radical (unpaired) electrons. The Balaban J connectivity index is 2.91. The second kappa shape index (κ2) is 4.93. The van der Waals surface area contributed by atoms with Crippen molar-refractivity contribution in [1.29, 1.82) is 0 Å². The van der Waals surface area contributed by atoms with E-state index >= 15 is 0 Å². The molecule has 1 aromatic rings. The summed E-state index contributed by atoms with van der Waals surface area (Å²) in [6, 6.07) is 0. The Morgan fingerprint density at radius 2 is 2.24 bits per heavy atom. The predicted molar refractivity (Wildman–Crippen MR) is 69.0 cm³/mol. The molecule has 0 saturated carbocycles. The van der Waals surface area contributed by atoms with E-state index in [-0.39, 0.29) is 11.7 Å². The zero-order valence-electron chi connectivity index (χ0n) is 9.74. The number of amides is 1. The van der Waals surface area contributed by atoms with Crippen LogP contribution in [0.1, 0.15) is 29.1 Å². The van der Waals surface area contributed by atoms with Gasteiger partial charge in [0.05, 0.1) is 10.6 Å². The number of carbonyl (C=O) groups is 1. The SMILES string of the molecule is Cc1csc(C(=O)NC(C)(C)C(N)=NO)c1Cl. The van der Waals surface area contributed by atoms with Crippen molar-refractivity contribution in [2.24, 2.45) is 10.9 Å². The first-order valence-electron chi connectivity index (χ1n) is 4.83. The van der Waals surface area contributed by atoms with Gasteiger partial charge < -0.3 is 16.3 Å². The minimum Gasteiger partial charge on any atom is -0.409 e. The van der Waals surface area contributed by atoms with Crippen molar-refractivity contribution >= 4 is 34.7 Å². The van der Waals surface area contributed by atoms with Crippen LogP contribution in [0.3, 0.4) is 0 Å². The van der Waals surface area contributed by atoms with Crippen LogP contribution in [0.4, 0.5) is 0 Å². The molecule has 1 amide bonds. The quantitative estimate of drug-likeness (QED) is 0.341. The highest BCUT2D eigenvalue weighted by atomic mass is 35.5. The van der Waals surface area contributed by atoms with Gasteiger partial charge in [-0.2, -0.15) is 0 Å². The van der Waals surface area contributed by atoms with Gasteiger partial charge in [-0.1, -0.05) is 16.8 Å². The fourth-order valence-electron chi connectivity index (χ4n) is 1.11. The molecule has 5 nitrogen and oxygen atoms in total. The van der Waals surface area contributed by atoms with E-state index in [1.165, 1.54) is 11.3 Å². The van der Waals surface area contributed by atoms with Crippen LogP contribution in [0, 0.1) is 6.92 Å². The molecule has 0 aliphatic rings. The van der Waals surface area contributed by atoms with E-state index in [1.54, 1.807) is 19.2 Å². The molecule has 4 N–H and O–H groups in total. The standard InChI is InChI=1S/C10H14ClN3O2S/c1-5-4-17-7(6(5)11)8(15)13-10(2,3)9(12)14-16/h4,16H,1-3H3,(H2,12,14)(H,13,15). The van der Waals surface area contributed by atoms with Crippen molar-refractivity contribution in [3.05, 3.63) is 20.8 Å². The summed E-state index contributed by atoms with van der Waals surface area (Å²) >= 11 is 7.24. The van der Waals surface area contributed by atoms with Crippen molar-refractivity contribution < 1.29 is 10.0 Å². The molecule has 0 unspecified atom stereocenters. The van der Waals surface area contributed by atoms with Gasteiger partial charge in [-0.3, -0.25) is 4.79 Å². The lowest BCUT2D eigenvalue weighted by Gasteiger charge is -2.24. The third-order valence-electron chi connectivity index (χ3n) is 2.28. The highest BCUT2D eigenvalue weighted by molar-refractivity contribution is 7.13. The van der Waals surface area contributed by atoms with Crippen LogP contribution in [0.5, 0.6) is 0 Å². The molecule has 94 valence electrons. The lowest BCUT2D eigenvalue weighted by molar-refractivity contribution is 0.0935. The average molecular weight is 276 g/mol. The molecular formula is C10H14ClN3O2S. The fraction of sp³-hybridized carbons (Fsp3) is 0.400. The normalized spacial score (nSPS) is 12.6. The molecule has 0 bridgehead atoms. The Morgan fingerprint density at radius 1 is 1.65 bits per heavy atom. The van der Waals surface area contributed by atoms with E-state index in [1.807, 2.05) is 6.92 Å². The number of hydrogen-bond donors (Lipinski definition) is 3. The Labute approximate surface area is 108 Å². The summed E-state index contributed by atoms with van der Waals surface area (Å²) in [7, 11) is 0. The molecular weight excluding hydrogens is 262 g/mol. The first-order chi connectivity index (χ1) is 7.79. The van der Waals surface area contributed by atoms with Crippen LogP contribution in [0.2, 0.25) is 5.02 Å². The van der Waals surface area contributed by atoms with Crippen LogP contribution in [-0.4, -0.2) is 22.5 Å². The van der Waals surface area contributed by atoms with Crippen LogP contribution in [-0.2, 0) is 0 Å². The summed E-state index contributed by atoms with van der Waals surface area (Å²) in [5.74, 6) is -0.417. The number of nitrogens with two attached hydrogens (primary N) is 1. The summed E-state index contributed by atoms with van der Waals surface area (Å²) in [5.41, 5.74) is 5.39. The largest absolute Gasteiger partial charge is 0.409 e. The molecule has 17 heavy (non-hydrogen) atoms.